The number of esters is 2. The van der Waals surface area contributed by atoms with E-state index in [0.717, 1.165) is 25.7 Å². The summed E-state index contributed by atoms with van der Waals surface area (Å²) in [5.41, 5.74) is 24.8. The molecule has 0 aromatic heterocycles. The fourth-order valence-electron chi connectivity index (χ4n) is 5.77. The molecule has 2 atom stereocenters. The maximum atomic E-state index is 13.7. The van der Waals surface area contributed by atoms with Crippen LogP contribution in [0.3, 0.4) is 0 Å². The van der Waals surface area contributed by atoms with E-state index >= 15 is 0 Å². The predicted octanol–water partition coefficient (Wildman–Crippen LogP) is -1.30. The Hall–Kier alpha value is -4.98. The van der Waals surface area contributed by atoms with Gasteiger partial charge in [-0.15, -0.1) is 0 Å². The number of hydrogen-bond donors (Lipinski definition) is 10. The third-order valence-electron chi connectivity index (χ3n) is 8.82. The van der Waals surface area contributed by atoms with Crippen molar-refractivity contribution in [2.45, 2.75) is 50.6 Å². The zero-order valence-corrected chi connectivity index (χ0v) is 31.9. The number of anilines is 2. The van der Waals surface area contributed by atoms with Crippen LogP contribution in [0.4, 0.5) is 11.4 Å². The quantitative estimate of drug-likeness (QED) is 0.0302. The molecular formula is C38H58N10O8. The molecule has 0 bridgehead atoms. The molecule has 2 aromatic rings. The SMILES string of the molecule is NCCCCC(N)C(=O)NCC(=O)OCCNCCNc1ccc(NCCNCCOC(=O)CNC(=O)C(N)CCCCN)c2c1C(=O)c1ccccc1C2=O. The lowest BCUT2D eigenvalue weighted by molar-refractivity contribution is -0.144. The van der Waals surface area contributed by atoms with Gasteiger partial charge in [0.2, 0.25) is 11.8 Å². The first-order chi connectivity index (χ1) is 27.1. The molecule has 56 heavy (non-hydrogen) atoms. The van der Waals surface area contributed by atoms with E-state index in [1.165, 1.54) is 0 Å². The predicted molar refractivity (Wildman–Crippen MR) is 212 cm³/mol. The van der Waals surface area contributed by atoms with E-state index in [0.29, 0.717) is 87.7 Å². The lowest BCUT2D eigenvalue weighted by atomic mass is 9.82. The Labute approximate surface area is 327 Å². The van der Waals surface area contributed by atoms with Crippen LogP contribution in [0.25, 0.3) is 0 Å². The van der Waals surface area contributed by atoms with Gasteiger partial charge in [-0.1, -0.05) is 37.1 Å². The van der Waals surface area contributed by atoms with E-state index in [4.69, 9.17) is 32.4 Å². The molecule has 2 unspecified atom stereocenters. The molecule has 0 radical (unpaired) electrons. The van der Waals surface area contributed by atoms with Crippen molar-refractivity contribution in [1.82, 2.24) is 21.3 Å². The van der Waals surface area contributed by atoms with Crippen LogP contribution in [-0.2, 0) is 28.7 Å². The number of hydrogen-bond acceptors (Lipinski definition) is 16. The number of benzene rings is 2. The number of nitrogens with two attached hydrogens (primary N) is 4. The Morgan fingerprint density at radius 1 is 0.571 bits per heavy atom. The van der Waals surface area contributed by atoms with Gasteiger partial charge in [-0.05, 0) is 50.9 Å². The standard InChI is InChI=1S/C38H58N10O8/c39-13-5-3-9-27(41)37(53)47-23-31(49)55-21-19-43-15-17-45-29-11-12-30(34-33(29)35(51)25-7-1-2-8-26(25)36(34)52)46-18-16-44-20-22-56-32(50)24-48-38(54)28(42)10-4-6-14-40/h1-2,7-8,11-12,27-28,43-46H,3-6,9-10,13-24,39-42H2,(H,47,53)(H,48,54). The van der Waals surface area contributed by atoms with Gasteiger partial charge in [-0.2, -0.15) is 0 Å². The molecule has 0 aliphatic heterocycles. The maximum Gasteiger partial charge on any atom is 0.325 e. The molecule has 1 aliphatic carbocycles. The molecule has 0 fully saturated rings. The fraction of sp³-hybridized carbons (Fsp3) is 0.526. The van der Waals surface area contributed by atoms with Crippen LogP contribution in [0, 0.1) is 0 Å². The number of rotatable bonds is 28. The van der Waals surface area contributed by atoms with Crippen molar-refractivity contribution >= 4 is 46.7 Å². The van der Waals surface area contributed by atoms with Gasteiger partial charge in [0.1, 0.15) is 26.3 Å². The summed E-state index contributed by atoms with van der Waals surface area (Å²) < 4.78 is 10.3. The van der Waals surface area contributed by atoms with Gasteiger partial charge in [0.25, 0.3) is 0 Å². The third kappa shape index (κ3) is 14.9. The van der Waals surface area contributed by atoms with Gasteiger partial charge in [-0.3, -0.25) is 28.8 Å². The van der Waals surface area contributed by atoms with E-state index in [9.17, 15) is 28.8 Å². The van der Waals surface area contributed by atoms with Crippen LogP contribution in [0.2, 0.25) is 0 Å². The van der Waals surface area contributed by atoms with Crippen molar-refractivity contribution in [3.8, 4) is 0 Å². The number of ketones is 2. The number of nitrogens with one attached hydrogen (secondary N) is 6. The second-order valence-corrected chi connectivity index (χ2v) is 13.1. The summed E-state index contributed by atoms with van der Waals surface area (Å²) in [6.45, 7) is 3.09. The average Bonchev–Trinajstić information content (AvgIpc) is 3.20. The zero-order valence-electron chi connectivity index (χ0n) is 31.9. The van der Waals surface area contributed by atoms with Crippen molar-refractivity contribution in [3.05, 3.63) is 58.7 Å². The molecule has 18 heteroatoms. The Balaban J connectivity index is 1.42. The number of carbonyl (C=O) groups is 6. The molecule has 2 amide bonds. The highest BCUT2D eigenvalue weighted by atomic mass is 16.5. The van der Waals surface area contributed by atoms with E-state index < -0.39 is 35.8 Å². The van der Waals surface area contributed by atoms with Gasteiger partial charge >= 0.3 is 11.9 Å². The first-order valence-electron chi connectivity index (χ1n) is 19.1. The number of amides is 2. The summed E-state index contributed by atoms with van der Waals surface area (Å²) in [5.74, 6) is -2.53. The van der Waals surface area contributed by atoms with Gasteiger partial charge in [0.05, 0.1) is 23.2 Å². The zero-order chi connectivity index (χ0) is 40.7. The number of fused-ring (bicyclic) bond motifs is 2. The van der Waals surface area contributed by atoms with Gasteiger partial charge < -0.3 is 64.3 Å². The smallest absolute Gasteiger partial charge is 0.325 e. The molecule has 0 spiro atoms. The minimum absolute atomic E-state index is 0.0859. The largest absolute Gasteiger partial charge is 0.463 e. The highest BCUT2D eigenvalue weighted by Crippen LogP contribution is 2.36. The molecule has 14 N–H and O–H groups in total. The van der Waals surface area contributed by atoms with Crippen molar-refractivity contribution in [3.63, 3.8) is 0 Å². The lowest BCUT2D eigenvalue weighted by Crippen LogP contribution is -2.43. The van der Waals surface area contributed by atoms with Gasteiger partial charge in [-0.25, -0.2) is 0 Å². The van der Waals surface area contributed by atoms with Crippen molar-refractivity contribution in [2.75, 3.05) is 89.3 Å². The van der Waals surface area contributed by atoms with Crippen LogP contribution in [0.1, 0.15) is 70.4 Å². The van der Waals surface area contributed by atoms with Crippen molar-refractivity contribution < 1.29 is 38.2 Å². The van der Waals surface area contributed by atoms with Crippen molar-refractivity contribution in [2.24, 2.45) is 22.9 Å². The van der Waals surface area contributed by atoms with E-state index in [2.05, 4.69) is 31.9 Å². The molecule has 18 nitrogen and oxygen atoms in total. The molecule has 1 aliphatic rings. The van der Waals surface area contributed by atoms with Crippen LogP contribution >= 0.6 is 0 Å². The first-order valence-corrected chi connectivity index (χ1v) is 19.1. The summed E-state index contributed by atoms with van der Waals surface area (Å²) in [4.78, 5) is 75.5. The molecule has 0 saturated carbocycles. The lowest BCUT2D eigenvalue weighted by Gasteiger charge is -2.24. The highest BCUT2D eigenvalue weighted by Gasteiger charge is 2.33. The molecular weight excluding hydrogens is 724 g/mol. The Morgan fingerprint density at radius 3 is 1.38 bits per heavy atom. The average molecular weight is 783 g/mol. The highest BCUT2D eigenvalue weighted by molar-refractivity contribution is 6.31. The number of ether oxygens (including phenoxy) is 2. The topological polar surface area (TPSA) is 297 Å². The monoisotopic (exact) mass is 782 g/mol. The van der Waals surface area contributed by atoms with Gasteiger partial charge in [0.15, 0.2) is 11.6 Å². The van der Waals surface area contributed by atoms with Crippen LogP contribution in [0.15, 0.2) is 36.4 Å². The second-order valence-electron chi connectivity index (χ2n) is 13.1. The van der Waals surface area contributed by atoms with E-state index in [1.54, 1.807) is 36.4 Å². The van der Waals surface area contributed by atoms with Crippen LogP contribution in [0.5, 0.6) is 0 Å². The van der Waals surface area contributed by atoms with E-state index in [1.807, 2.05) is 0 Å². The number of unbranched alkanes of at least 4 members (excludes halogenated alkanes) is 2. The summed E-state index contributed by atoms with van der Waals surface area (Å²) in [6.07, 6.45) is 3.97. The third-order valence-corrected chi connectivity index (χ3v) is 8.82. The van der Waals surface area contributed by atoms with Gasteiger partial charge in [0, 0.05) is 61.8 Å². The second kappa shape index (κ2) is 25.2. The molecule has 2 aromatic carbocycles. The number of carbonyl (C=O) groups excluding carboxylic acids is 6. The molecule has 0 heterocycles. The minimum Gasteiger partial charge on any atom is -0.463 e. The first kappa shape index (κ1) is 45.4. The summed E-state index contributed by atoms with van der Waals surface area (Å²) in [7, 11) is 0. The summed E-state index contributed by atoms with van der Waals surface area (Å²) >= 11 is 0. The van der Waals surface area contributed by atoms with Crippen LogP contribution in [-0.4, -0.2) is 126 Å². The molecule has 3 rings (SSSR count). The summed E-state index contributed by atoms with van der Waals surface area (Å²) in [6, 6.07) is 8.80. The Bertz CT molecular complexity index is 1510. The Kier molecular flexibility index (Phi) is 20.5. The van der Waals surface area contributed by atoms with Crippen LogP contribution < -0.4 is 54.8 Å². The van der Waals surface area contributed by atoms with Crippen molar-refractivity contribution in [1.29, 1.82) is 0 Å². The minimum atomic E-state index is -0.707. The van der Waals surface area contributed by atoms with E-state index in [-0.39, 0.29) is 49.0 Å². The Morgan fingerprint density at radius 2 is 0.982 bits per heavy atom. The summed E-state index contributed by atoms with van der Waals surface area (Å²) in [5, 5.41) is 17.7. The normalized spacial score (nSPS) is 12.9. The maximum absolute atomic E-state index is 13.7. The fourth-order valence-corrected chi connectivity index (χ4v) is 5.77. The molecule has 0 saturated heterocycles. The molecule has 308 valence electrons.